The van der Waals surface area contributed by atoms with Gasteiger partial charge >= 0.3 is 5.97 Å². The van der Waals surface area contributed by atoms with E-state index in [1.165, 1.54) is 0 Å². The Balaban J connectivity index is 1.45. The quantitative estimate of drug-likeness (QED) is 0.605. The molecule has 3 rings (SSSR count). The number of piperidine rings is 1. The fourth-order valence-electron chi connectivity index (χ4n) is 3.48. The van der Waals surface area contributed by atoms with Gasteiger partial charge in [0.1, 0.15) is 0 Å². The molecule has 0 aliphatic carbocycles. The number of carbonyl (C=O) groups is 3. The van der Waals surface area contributed by atoms with Crippen LogP contribution in [0.4, 0.5) is 11.4 Å². The van der Waals surface area contributed by atoms with Crippen molar-refractivity contribution in [2.24, 2.45) is 5.92 Å². The Kier molecular flexibility index (Phi) is 8.25. The Morgan fingerprint density at radius 2 is 1.53 bits per heavy atom. The third-order valence-corrected chi connectivity index (χ3v) is 5.50. The van der Waals surface area contributed by atoms with Crippen LogP contribution in [-0.2, 0) is 9.53 Å². The minimum atomic E-state index is -0.372. The van der Waals surface area contributed by atoms with Crippen LogP contribution < -0.4 is 10.6 Å². The van der Waals surface area contributed by atoms with Crippen molar-refractivity contribution in [2.75, 3.05) is 36.9 Å². The van der Waals surface area contributed by atoms with E-state index in [4.69, 9.17) is 4.74 Å². The largest absolute Gasteiger partial charge is 0.462 e. The molecular weight excluding hydrogens is 406 g/mol. The number of hydrogen-bond donors (Lipinski definition) is 2. The summed E-state index contributed by atoms with van der Waals surface area (Å²) in [6, 6.07) is 13.8. The number of nitrogens with zero attached hydrogens (tertiary/aromatic N) is 1. The highest BCUT2D eigenvalue weighted by atomic mass is 16.5. The van der Waals surface area contributed by atoms with Crippen molar-refractivity contribution in [1.29, 1.82) is 0 Å². The molecule has 1 heterocycles. The first kappa shape index (κ1) is 23.3. The van der Waals surface area contributed by atoms with Gasteiger partial charge in [-0.05, 0) is 73.7 Å². The number of rotatable bonds is 8. The van der Waals surface area contributed by atoms with Gasteiger partial charge in [0.15, 0.2) is 0 Å². The summed E-state index contributed by atoms with van der Waals surface area (Å²) >= 11 is 0. The average molecular weight is 438 g/mol. The van der Waals surface area contributed by atoms with Gasteiger partial charge in [0.2, 0.25) is 5.91 Å². The van der Waals surface area contributed by atoms with Gasteiger partial charge in [-0.3, -0.25) is 9.59 Å². The predicted octanol–water partition coefficient (Wildman–Crippen LogP) is 4.18. The zero-order valence-corrected chi connectivity index (χ0v) is 18.7. The SMILES string of the molecule is CCCOC(=O)c1ccc(NC(=O)CNc2ccc(C(=O)N3CCC(C)CC3)cc2)cc1. The van der Waals surface area contributed by atoms with Crippen molar-refractivity contribution < 1.29 is 19.1 Å². The molecule has 0 radical (unpaired) electrons. The maximum Gasteiger partial charge on any atom is 0.338 e. The van der Waals surface area contributed by atoms with E-state index in [-0.39, 0.29) is 24.3 Å². The van der Waals surface area contributed by atoms with Crippen LogP contribution in [0.3, 0.4) is 0 Å². The van der Waals surface area contributed by atoms with Crippen molar-refractivity contribution in [3.05, 3.63) is 59.7 Å². The maximum absolute atomic E-state index is 12.6. The highest BCUT2D eigenvalue weighted by Gasteiger charge is 2.21. The molecule has 7 nitrogen and oxygen atoms in total. The van der Waals surface area contributed by atoms with E-state index in [0.717, 1.165) is 38.0 Å². The molecule has 1 fully saturated rings. The van der Waals surface area contributed by atoms with Crippen LogP contribution in [0.25, 0.3) is 0 Å². The molecule has 0 spiro atoms. The molecule has 0 aromatic heterocycles. The molecule has 2 N–H and O–H groups in total. The molecule has 0 atom stereocenters. The molecular formula is C25H31N3O4. The number of nitrogens with one attached hydrogen (secondary N) is 2. The Morgan fingerprint density at radius 3 is 2.16 bits per heavy atom. The third kappa shape index (κ3) is 6.57. The van der Waals surface area contributed by atoms with Crippen LogP contribution in [0.5, 0.6) is 0 Å². The average Bonchev–Trinajstić information content (AvgIpc) is 2.82. The lowest BCUT2D eigenvalue weighted by molar-refractivity contribution is -0.114. The second kappa shape index (κ2) is 11.3. The third-order valence-electron chi connectivity index (χ3n) is 5.50. The monoisotopic (exact) mass is 437 g/mol. The predicted molar refractivity (Wildman–Crippen MR) is 125 cm³/mol. The lowest BCUT2D eigenvalue weighted by Crippen LogP contribution is -2.37. The van der Waals surface area contributed by atoms with E-state index in [0.29, 0.717) is 29.3 Å². The summed E-state index contributed by atoms with van der Waals surface area (Å²) in [5.74, 6) is 0.150. The van der Waals surface area contributed by atoms with Gasteiger partial charge in [-0.1, -0.05) is 13.8 Å². The lowest BCUT2D eigenvalue weighted by Gasteiger charge is -2.30. The van der Waals surface area contributed by atoms with Crippen LogP contribution in [0.2, 0.25) is 0 Å². The van der Waals surface area contributed by atoms with Gasteiger partial charge in [-0.25, -0.2) is 4.79 Å². The maximum atomic E-state index is 12.6. The zero-order valence-electron chi connectivity index (χ0n) is 18.7. The Morgan fingerprint density at radius 1 is 0.938 bits per heavy atom. The van der Waals surface area contributed by atoms with Crippen molar-refractivity contribution in [2.45, 2.75) is 33.1 Å². The number of likely N-dealkylation sites (tertiary alicyclic amines) is 1. The topological polar surface area (TPSA) is 87.7 Å². The minimum Gasteiger partial charge on any atom is -0.462 e. The molecule has 1 saturated heterocycles. The smallest absolute Gasteiger partial charge is 0.338 e. The summed E-state index contributed by atoms with van der Waals surface area (Å²) in [6.07, 6.45) is 2.86. The first-order valence-electron chi connectivity index (χ1n) is 11.2. The molecule has 7 heteroatoms. The van der Waals surface area contributed by atoms with Crippen LogP contribution >= 0.6 is 0 Å². The standard InChI is InChI=1S/C25H31N3O4/c1-3-16-32-25(31)20-6-10-22(11-7-20)27-23(29)17-26-21-8-4-19(5-9-21)24(30)28-14-12-18(2)13-15-28/h4-11,18,26H,3,12-17H2,1-2H3,(H,27,29). The number of hydrogen-bond acceptors (Lipinski definition) is 5. The van der Waals surface area contributed by atoms with Crippen LogP contribution in [0, 0.1) is 5.92 Å². The summed E-state index contributed by atoms with van der Waals surface area (Å²) in [5.41, 5.74) is 2.47. The van der Waals surface area contributed by atoms with Gasteiger partial charge in [0, 0.05) is 30.0 Å². The fourth-order valence-corrected chi connectivity index (χ4v) is 3.48. The first-order valence-corrected chi connectivity index (χ1v) is 11.2. The highest BCUT2D eigenvalue weighted by molar-refractivity contribution is 5.96. The molecule has 32 heavy (non-hydrogen) atoms. The van der Waals surface area contributed by atoms with Crippen LogP contribution in [0.15, 0.2) is 48.5 Å². The van der Waals surface area contributed by atoms with Crippen molar-refractivity contribution in [3.63, 3.8) is 0 Å². The Labute approximate surface area is 189 Å². The number of carbonyl (C=O) groups excluding carboxylic acids is 3. The van der Waals surface area contributed by atoms with E-state index in [1.807, 2.05) is 24.0 Å². The summed E-state index contributed by atoms with van der Waals surface area (Å²) in [4.78, 5) is 38.6. The van der Waals surface area contributed by atoms with Crippen molar-refractivity contribution in [1.82, 2.24) is 4.90 Å². The second-order valence-corrected chi connectivity index (χ2v) is 8.17. The lowest BCUT2D eigenvalue weighted by atomic mass is 9.98. The van der Waals surface area contributed by atoms with Crippen LogP contribution in [-0.4, -0.2) is 48.9 Å². The van der Waals surface area contributed by atoms with Gasteiger partial charge < -0.3 is 20.3 Å². The molecule has 2 amide bonds. The minimum absolute atomic E-state index is 0.0585. The normalized spacial score (nSPS) is 14.0. The molecule has 2 aromatic rings. The molecule has 1 aliphatic heterocycles. The second-order valence-electron chi connectivity index (χ2n) is 8.17. The zero-order chi connectivity index (χ0) is 22.9. The fraction of sp³-hybridized carbons (Fsp3) is 0.400. The number of benzene rings is 2. The molecule has 1 aliphatic rings. The van der Waals surface area contributed by atoms with Gasteiger partial charge in [0.25, 0.3) is 5.91 Å². The van der Waals surface area contributed by atoms with Crippen molar-refractivity contribution in [3.8, 4) is 0 Å². The Hall–Kier alpha value is -3.35. The number of amides is 2. The summed E-state index contributed by atoms with van der Waals surface area (Å²) < 4.78 is 5.09. The molecule has 170 valence electrons. The Bertz CT molecular complexity index is 917. The van der Waals surface area contributed by atoms with E-state index >= 15 is 0 Å². The number of ether oxygens (including phenoxy) is 1. The first-order chi connectivity index (χ1) is 15.5. The van der Waals surface area contributed by atoms with Gasteiger partial charge in [0.05, 0.1) is 18.7 Å². The van der Waals surface area contributed by atoms with E-state index in [1.54, 1.807) is 36.4 Å². The molecule has 2 aromatic carbocycles. The van der Waals surface area contributed by atoms with Crippen molar-refractivity contribution >= 4 is 29.2 Å². The number of anilines is 2. The summed E-state index contributed by atoms with van der Waals surface area (Å²) in [7, 11) is 0. The summed E-state index contributed by atoms with van der Waals surface area (Å²) in [5, 5.41) is 5.84. The van der Waals surface area contributed by atoms with E-state index in [2.05, 4.69) is 17.6 Å². The van der Waals surface area contributed by atoms with Crippen LogP contribution in [0.1, 0.15) is 53.8 Å². The molecule has 0 unspecified atom stereocenters. The van der Waals surface area contributed by atoms with Gasteiger partial charge in [-0.2, -0.15) is 0 Å². The van der Waals surface area contributed by atoms with E-state index < -0.39 is 0 Å². The number of esters is 1. The summed E-state index contributed by atoms with van der Waals surface area (Å²) in [6.45, 7) is 6.23. The van der Waals surface area contributed by atoms with E-state index in [9.17, 15) is 14.4 Å². The highest BCUT2D eigenvalue weighted by Crippen LogP contribution is 2.19. The molecule has 0 bridgehead atoms. The van der Waals surface area contributed by atoms with Gasteiger partial charge in [-0.15, -0.1) is 0 Å². The molecule has 0 saturated carbocycles.